The quantitative estimate of drug-likeness (QED) is 0.441. The molecule has 0 radical (unpaired) electrons. The predicted octanol–water partition coefficient (Wildman–Crippen LogP) is 2.04. The van der Waals surface area contributed by atoms with E-state index in [1.54, 1.807) is 0 Å². The van der Waals surface area contributed by atoms with Gasteiger partial charge in [-0.1, -0.05) is 13.5 Å². The Labute approximate surface area is 60.5 Å². The van der Waals surface area contributed by atoms with Gasteiger partial charge >= 0.3 is 0 Å². The van der Waals surface area contributed by atoms with Gasteiger partial charge in [-0.15, -0.1) is 11.8 Å². The average Bonchev–Trinajstić information content (AvgIpc) is 2.65. The molecule has 9 heavy (non-hydrogen) atoms. The van der Waals surface area contributed by atoms with Crippen molar-refractivity contribution in [2.24, 2.45) is 0 Å². The van der Waals surface area contributed by atoms with Crippen LogP contribution in [0.2, 0.25) is 0 Å². The van der Waals surface area contributed by atoms with Crippen molar-refractivity contribution in [2.45, 2.75) is 18.1 Å². The molecular weight excluding hydrogens is 132 g/mol. The van der Waals surface area contributed by atoms with E-state index in [-0.39, 0.29) is 0 Å². The Morgan fingerprint density at radius 3 is 2.89 bits per heavy atom. The van der Waals surface area contributed by atoms with Crippen LogP contribution in [-0.2, 0) is 4.74 Å². The summed E-state index contributed by atoms with van der Waals surface area (Å²) < 4.78 is 5.56. The van der Waals surface area contributed by atoms with Crippen LogP contribution in [0.4, 0.5) is 0 Å². The smallest absolute Gasteiger partial charge is 0.103 e. The Bertz CT molecular complexity index is 107. The monoisotopic (exact) mass is 144 g/mol. The molecule has 0 aliphatic carbocycles. The van der Waals surface area contributed by atoms with Gasteiger partial charge in [-0.05, 0) is 6.42 Å². The molecule has 0 N–H and O–H groups in total. The van der Waals surface area contributed by atoms with Gasteiger partial charge < -0.3 is 4.74 Å². The van der Waals surface area contributed by atoms with E-state index in [2.05, 4.69) is 13.5 Å². The van der Waals surface area contributed by atoms with Gasteiger partial charge in [0.05, 0.1) is 11.0 Å². The molecule has 0 saturated carbocycles. The normalized spacial score (nSPS) is 31.7. The Morgan fingerprint density at radius 1 is 1.89 bits per heavy atom. The lowest BCUT2D eigenvalue weighted by Crippen LogP contribution is -2.14. The number of thioether (sulfide) groups is 1. The fraction of sp³-hybridized carbons (Fsp3) is 0.714. The lowest BCUT2D eigenvalue weighted by atomic mass is 10.1. The Morgan fingerprint density at radius 2 is 2.56 bits per heavy atom. The Balaban J connectivity index is 2.17. The minimum absolute atomic E-state index is 0.466. The highest BCUT2D eigenvalue weighted by molar-refractivity contribution is 8.07. The van der Waals surface area contributed by atoms with Crippen LogP contribution in [-0.4, -0.2) is 17.1 Å². The number of rotatable bonds is 4. The van der Waals surface area contributed by atoms with Crippen molar-refractivity contribution in [3.05, 3.63) is 12.8 Å². The summed E-state index contributed by atoms with van der Waals surface area (Å²) >= 11 is 1.98. The van der Waals surface area contributed by atoms with Crippen LogP contribution < -0.4 is 0 Å². The molecule has 1 unspecified atom stereocenters. The van der Waals surface area contributed by atoms with Crippen LogP contribution in [0.25, 0.3) is 0 Å². The zero-order valence-electron chi connectivity index (χ0n) is 5.72. The first kappa shape index (κ1) is 7.00. The maximum atomic E-state index is 5.09. The van der Waals surface area contributed by atoms with Crippen LogP contribution in [0.5, 0.6) is 0 Å². The second-order valence-electron chi connectivity index (χ2n) is 2.30. The molecule has 0 aromatic carbocycles. The maximum absolute atomic E-state index is 5.09. The average molecular weight is 144 g/mol. The summed E-state index contributed by atoms with van der Waals surface area (Å²) in [6.45, 7) is 6.54. The molecule has 0 aromatic heterocycles. The summed E-state index contributed by atoms with van der Waals surface area (Å²) in [5.41, 5.74) is 0. The number of ether oxygens (including phenoxy) is 1. The first-order valence-electron chi connectivity index (χ1n) is 3.19. The first-order valence-corrected chi connectivity index (χ1v) is 4.18. The molecule has 1 aliphatic heterocycles. The third-order valence-corrected chi connectivity index (χ3v) is 3.17. The lowest BCUT2D eigenvalue weighted by molar-refractivity contribution is 0.229. The summed E-state index contributed by atoms with van der Waals surface area (Å²) in [6.07, 6.45) is 2.74. The predicted molar refractivity (Wildman–Crippen MR) is 41.6 cm³/mol. The van der Waals surface area contributed by atoms with E-state index >= 15 is 0 Å². The molecule has 1 nitrogen and oxygen atoms in total. The highest BCUT2D eigenvalue weighted by atomic mass is 32.2. The van der Waals surface area contributed by atoms with Crippen LogP contribution in [0.1, 0.15) is 13.3 Å². The summed E-state index contributed by atoms with van der Waals surface area (Å²) in [7, 11) is 0. The van der Waals surface area contributed by atoms with E-state index in [9.17, 15) is 0 Å². The summed E-state index contributed by atoms with van der Waals surface area (Å²) in [5, 5.41) is 0. The molecule has 2 heteroatoms. The molecule has 0 amide bonds. The topological polar surface area (TPSA) is 9.23 Å². The minimum atomic E-state index is 0.466. The highest BCUT2D eigenvalue weighted by Gasteiger charge is 2.42. The fourth-order valence-electron chi connectivity index (χ4n) is 0.702. The molecule has 1 fully saturated rings. The molecule has 1 saturated heterocycles. The third kappa shape index (κ3) is 1.65. The lowest BCUT2D eigenvalue weighted by Gasteiger charge is -2.07. The molecule has 1 rings (SSSR count). The van der Waals surface area contributed by atoms with Crippen LogP contribution in [0.15, 0.2) is 12.8 Å². The van der Waals surface area contributed by atoms with Gasteiger partial charge in [-0.25, -0.2) is 0 Å². The van der Waals surface area contributed by atoms with Crippen molar-refractivity contribution >= 4 is 11.8 Å². The molecule has 52 valence electrons. The summed E-state index contributed by atoms with van der Waals surface area (Å²) in [5.74, 6) is 1.26. The van der Waals surface area contributed by atoms with Crippen LogP contribution in [0.3, 0.4) is 0 Å². The van der Waals surface area contributed by atoms with E-state index in [4.69, 9.17) is 4.74 Å². The zero-order valence-corrected chi connectivity index (χ0v) is 6.54. The van der Waals surface area contributed by atoms with E-state index in [0.29, 0.717) is 4.75 Å². The van der Waals surface area contributed by atoms with Gasteiger partial charge in [0, 0.05) is 5.75 Å². The van der Waals surface area contributed by atoms with Gasteiger partial charge in [-0.3, -0.25) is 0 Å². The van der Waals surface area contributed by atoms with Gasteiger partial charge in [0.1, 0.15) is 6.61 Å². The van der Waals surface area contributed by atoms with E-state index in [1.165, 1.54) is 18.4 Å². The largest absolute Gasteiger partial charge is 0.500 e. The number of hydrogen-bond donors (Lipinski definition) is 0. The van der Waals surface area contributed by atoms with Crippen LogP contribution >= 0.6 is 11.8 Å². The zero-order chi connectivity index (χ0) is 6.74. The van der Waals surface area contributed by atoms with Gasteiger partial charge in [-0.2, -0.15) is 0 Å². The second-order valence-corrected chi connectivity index (χ2v) is 3.75. The second kappa shape index (κ2) is 2.65. The third-order valence-electron chi connectivity index (χ3n) is 1.66. The fourth-order valence-corrected chi connectivity index (χ4v) is 1.55. The van der Waals surface area contributed by atoms with Crippen molar-refractivity contribution in [1.82, 2.24) is 0 Å². The van der Waals surface area contributed by atoms with Crippen molar-refractivity contribution in [3.63, 3.8) is 0 Å². The van der Waals surface area contributed by atoms with Crippen LogP contribution in [0, 0.1) is 0 Å². The Kier molecular flexibility index (Phi) is 2.06. The van der Waals surface area contributed by atoms with E-state index in [1.807, 2.05) is 11.8 Å². The van der Waals surface area contributed by atoms with Crippen molar-refractivity contribution in [2.75, 3.05) is 12.4 Å². The SMILES string of the molecule is C=COCC1(CC)CS1. The van der Waals surface area contributed by atoms with Crippen molar-refractivity contribution in [3.8, 4) is 0 Å². The maximum Gasteiger partial charge on any atom is 0.103 e. The van der Waals surface area contributed by atoms with Crippen molar-refractivity contribution in [1.29, 1.82) is 0 Å². The standard InChI is InChI=1S/C7H12OS/c1-3-7(6-9-7)5-8-4-2/h4H,2-3,5-6H2,1H3. The summed E-state index contributed by atoms with van der Waals surface area (Å²) in [6, 6.07) is 0. The molecule has 0 aromatic rings. The van der Waals surface area contributed by atoms with E-state index < -0.39 is 0 Å². The first-order chi connectivity index (χ1) is 4.33. The molecular formula is C7H12OS. The van der Waals surface area contributed by atoms with Gasteiger partial charge in [0.15, 0.2) is 0 Å². The van der Waals surface area contributed by atoms with E-state index in [0.717, 1.165) is 6.61 Å². The number of hydrogen-bond acceptors (Lipinski definition) is 2. The Hall–Kier alpha value is -0.110. The highest BCUT2D eigenvalue weighted by Crippen LogP contribution is 2.47. The van der Waals surface area contributed by atoms with Gasteiger partial charge in [0.25, 0.3) is 0 Å². The van der Waals surface area contributed by atoms with Gasteiger partial charge in [0.2, 0.25) is 0 Å². The summed E-state index contributed by atoms with van der Waals surface area (Å²) in [4.78, 5) is 0. The molecule has 1 heterocycles. The van der Waals surface area contributed by atoms with Crippen molar-refractivity contribution < 1.29 is 4.74 Å². The molecule has 1 atom stereocenters. The minimum Gasteiger partial charge on any atom is -0.500 e. The molecule has 0 bridgehead atoms. The molecule has 1 aliphatic rings. The molecule has 0 spiro atoms.